The fourth-order valence-electron chi connectivity index (χ4n) is 2.05. The van der Waals surface area contributed by atoms with Gasteiger partial charge in [0.15, 0.2) is 6.61 Å². The Kier molecular flexibility index (Phi) is 7.75. The average molecular weight is 296 g/mol. The van der Waals surface area contributed by atoms with Gasteiger partial charge in [0.1, 0.15) is 11.6 Å². The van der Waals surface area contributed by atoms with Crippen molar-refractivity contribution in [1.82, 2.24) is 10.6 Å². The third kappa shape index (κ3) is 6.58. The molecule has 0 fully saturated rings. The van der Waals surface area contributed by atoms with Gasteiger partial charge in [-0.15, -0.1) is 0 Å². The zero-order chi connectivity index (χ0) is 15.7. The molecule has 0 radical (unpaired) electrons. The van der Waals surface area contributed by atoms with E-state index in [1.807, 2.05) is 13.8 Å². The zero-order valence-corrected chi connectivity index (χ0v) is 13.0. The Bertz CT molecular complexity index is 452. The van der Waals surface area contributed by atoms with Crippen molar-refractivity contribution in [3.63, 3.8) is 0 Å². The van der Waals surface area contributed by atoms with Crippen LogP contribution in [0.1, 0.15) is 39.2 Å². The van der Waals surface area contributed by atoms with Gasteiger partial charge in [-0.25, -0.2) is 4.39 Å². The number of hydrogen-bond acceptors (Lipinski definition) is 3. The highest BCUT2D eigenvalue weighted by Crippen LogP contribution is 2.19. The molecule has 1 rings (SSSR count). The van der Waals surface area contributed by atoms with Gasteiger partial charge in [0.2, 0.25) is 0 Å². The minimum Gasteiger partial charge on any atom is -0.483 e. The molecule has 5 heteroatoms. The van der Waals surface area contributed by atoms with Gasteiger partial charge >= 0.3 is 0 Å². The second-order valence-corrected chi connectivity index (χ2v) is 5.08. The normalized spacial score (nSPS) is 12.0. The van der Waals surface area contributed by atoms with Crippen molar-refractivity contribution in [3.05, 3.63) is 29.6 Å². The number of carbonyl (C=O) groups excluding carboxylic acids is 1. The van der Waals surface area contributed by atoms with Crippen molar-refractivity contribution in [2.45, 2.75) is 46.2 Å². The molecular weight excluding hydrogens is 271 g/mol. The van der Waals surface area contributed by atoms with Crippen molar-refractivity contribution in [2.24, 2.45) is 0 Å². The first-order valence-corrected chi connectivity index (χ1v) is 7.48. The summed E-state index contributed by atoms with van der Waals surface area (Å²) in [6, 6.07) is 4.46. The summed E-state index contributed by atoms with van der Waals surface area (Å²) in [5.74, 6) is 0.0709. The molecule has 1 aromatic carbocycles. The number of nitrogens with one attached hydrogen (secondary N) is 2. The number of rotatable bonds is 9. The van der Waals surface area contributed by atoms with E-state index in [0.717, 1.165) is 19.4 Å². The molecule has 1 aromatic rings. The Hall–Kier alpha value is -1.62. The van der Waals surface area contributed by atoms with Gasteiger partial charge in [0, 0.05) is 18.2 Å². The monoisotopic (exact) mass is 296 g/mol. The number of ether oxygens (including phenoxy) is 1. The molecular formula is C16H25FN2O2. The number of benzene rings is 1. The molecule has 4 nitrogen and oxygen atoms in total. The van der Waals surface area contributed by atoms with Gasteiger partial charge in [-0.1, -0.05) is 20.3 Å². The Morgan fingerprint density at radius 2 is 2.14 bits per heavy atom. The molecule has 0 saturated carbocycles. The van der Waals surface area contributed by atoms with Gasteiger partial charge in [-0.05, 0) is 38.1 Å². The lowest BCUT2D eigenvalue weighted by Gasteiger charge is -2.15. The molecule has 1 unspecified atom stereocenters. The van der Waals surface area contributed by atoms with Crippen LogP contribution in [-0.4, -0.2) is 25.1 Å². The van der Waals surface area contributed by atoms with E-state index < -0.39 is 0 Å². The molecule has 2 N–H and O–H groups in total. The maximum atomic E-state index is 13.3. The molecule has 118 valence electrons. The average Bonchev–Trinajstić information content (AvgIpc) is 2.44. The topological polar surface area (TPSA) is 50.4 Å². The quantitative estimate of drug-likeness (QED) is 0.736. The number of hydrogen-bond donors (Lipinski definition) is 2. The third-order valence-corrected chi connectivity index (χ3v) is 3.08. The molecule has 0 saturated heterocycles. The van der Waals surface area contributed by atoms with Gasteiger partial charge < -0.3 is 15.4 Å². The fraction of sp³-hybridized carbons (Fsp3) is 0.562. The number of amides is 1. The number of carbonyl (C=O) groups is 1. The summed E-state index contributed by atoms with van der Waals surface area (Å²) in [5, 5.41) is 5.99. The van der Waals surface area contributed by atoms with Crippen LogP contribution in [0.3, 0.4) is 0 Å². The molecule has 0 aliphatic carbocycles. The van der Waals surface area contributed by atoms with E-state index in [9.17, 15) is 9.18 Å². The first-order chi connectivity index (χ1) is 10.1. The Morgan fingerprint density at radius 3 is 2.81 bits per heavy atom. The minimum absolute atomic E-state index is 0.0567. The lowest BCUT2D eigenvalue weighted by Crippen LogP contribution is -2.36. The van der Waals surface area contributed by atoms with E-state index >= 15 is 0 Å². The summed E-state index contributed by atoms with van der Waals surface area (Å²) in [7, 11) is 0. The van der Waals surface area contributed by atoms with Crippen LogP contribution in [0.25, 0.3) is 0 Å². The highest BCUT2D eigenvalue weighted by molar-refractivity contribution is 5.77. The first kappa shape index (κ1) is 17.4. The maximum absolute atomic E-state index is 13.3. The van der Waals surface area contributed by atoms with E-state index in [0.29, 0.717) is 17.9 Å². The van der Waals surface area contributed by atoms with Crippen molar-refractivity contribution in [1.29, 1.82) is 0 Å². The summed E-state index contributed by atoms with van der Waals surface area (Å²) in [4.78, 5) is 11.8. The van der Waals surface area contributed by atoms with Gasteiger partial charge in [0.05, 0.1) is 0 Å². The van der Waals surface area contributed by atoms with E-state index in [-0.39, 0.29) is 24.4 Å². The smallest absolute Gasteiger partial charge is 0.258 e. The molecule has 0 spiro atoms. The van der Waals surface area contributed by atoms with Crippen LogP contribution >= 0.6 is 0 Å². The minimum atomic E-state index is -0.309. The van der Waals surface area contributed by atoms with Crippen molar-refractivity contribution >= 4 is 5.91 Å². The van der Waals surface area contributed by atoms with Gasteiger partial charge in [-0.2, -0.15) is 0 Å². The maximum Gasteiger partial charge on any atom is 0.258 e. The molecule has 21 heavy (non-hydrogen) atoms. The van der Waals surface area contributed by atoms with E-state index in [2.05, 4.69) is 17.6 Å². The molecule has 0 bridgehead atoms. The van der Waals surface area contributed by atoms with Crippen LogP contribution in [0.4, 0.5) is 4.39 Å². The highest BCUT2D eigenvalue weighted by Gasteiger charge is 2.10. The van der Waals surface area contributed by atoms with Crippen LogP contribution in [0, 0.1) is 5.82 Å². The predicted molar refractivity (Wildman–Crippen MR) is 81.8 cm³/mol. The molecule has 0 aromatic heterocycles. The van der Waals surface area contributed by atoms with Crippen molar-refractivity contribution in [3.8, 4) is 5.75 Å². The Morgan fingerprint density at radius 1 is 1.38 bits per heavy atom. The summed E-state index contributed by atoms with van der Waals surface area (Å²) in [6.07, 6.45) is 1.96. The predicted octanol–water partition coefficient (Wildman–Crippen LogP) is 2.62. The van der Waals surface area contributed by atoms with Gasteiger partial charge in [0.25, 0.3) is 5.91 Å². The van der Waals surface area contributed by atoms with Crippen LogP contribution in [0.5, 0.6) is 5.75 Å². The van der Waals surface area contributed by atoms with E-state index in [1.54, 1.807) is 6.07 Å². The largest absolute Gasteiger partial charge is 0.483 e. The summed E-state index contributed by atoms with van der Waals surface area (Å²) < 4.78 is 18.8. The lowest BCUT2D eigenvalue weighted by molar-refractivity contribution is -0.123. The molecule has 0 aliphatic heterocycles. The third-order valence-electron chi connectivity index (χ3n) is 3.08. The first-order valence-electron chi connectivity index (χ1n) is 7.48. The number of halogens is 1. The SMILES string of the molecule is CCCC(C)NC(=O)COc1ccc(F)cc1CNCC. The summed E-state index contributed by atoms with van der Waals surface area (Å²) >= 11 is 0. The van der Waals surface area contributed by atoms with Crippen LogP contribution in [-0.2, 0) is 11.3 Å². The second kappa shape index (κ2) is 9.34. The van der Waals surface area contributed by atoms with Crippen LogP contribution in [0.15, 0.2) is 18.2 Å². The molecule has 0 heterocycles. The molecule has 1 amide bonds. The molecule has 0 aliphatic rings. The lowest BCUT2D eigenvalue weighted by atomic mass is 10.2. The zero-order valence-electron chi connectivity index (χ0n) is 13.0. The molecule has 1 atom stereocenters. The Labute approximate surface area is 126 Å². The Balaban J connectivity index is 2.55. The van der Waals surface area contributed by atoms with E-state index in [1.165, 1.54) is 12.1 Å². The second-order valence-electron chi connectivity index (χ2n) is 5.08. The van der Waals surface area contributed by atoms with Gasteiger partial charge in [-0.3, -0.25) is 4.79 Å². The fourth-order valence-corrected chi connectivity index (χ4v) is 2.05. The highest BCUT2D eigenvalue weighted by atomic mass is 19.1. The van der Waals surface area contributed by atoms with E-state index in [4.69, 9.17) is 4.74 Å². The van der Waals surface area contributed by atoms with Crippen molar-refractivity contribution < 1.29 is 13.9 Å². The van der Waals surface area contributed by atoms with Crippen molar-refractivity contribution in [2.75, 3.05) is 13.2 Å². The summed E-state index contributed by atoms with van der Waals surface area (Å²) in [5.41, 5.74) is 0.714. The van der Waals surface area contributed by atoms with Crippen LogP contribution in [0.2, 0.25) is 0 Å². The van der Waals surface area contributed by atoms with Crippen LogP contribution < -0.4 is 15.4 Å². The standard InChI is InChI=1S/C16H25FN2O2/c1-4-6-12(3)19-16(20)11-21-15-8-7-14(17)9-13(15)10-18-5-2/h7-9,12,18H,4-6,10-11H2,1-3H3,(H,19,20). The summed E-state index contributed by atoms with van der Waals surface area (Å²) in [6.45, 7) is 7.25.